The molecule has 1 spiro atoms. The van der Waals surface area contributed by atoms with Gasteiger partial charge in [0, 0.05) is 24.9 Å². The highest BCUT2D eigenvalue weighted by Crippen LogP contribution is 2.66. The van der Waals surface area contributed by atoms with Crippen molar-refractivity contribution in [1.82, 2.24) is 9.80 Å². The van der Waals surface area contributed by atoms with Crippen molar-refractivity contribution in [3.05, 3.63) is 53.6 Å². The number of amides is 3. The number of benzene rings is 1. The fourth-order valence-corrected chi connectivity index (χ4v) is 9.06. The summed E-state index contributed by atoms with van der Waals surface area (Å²) in [5, 5.41) is 10.9. The van der Waals surface area contributed by atoms with Crippen LogP contribution in [0.15, 0.2) is 48.6 Å². The SMILES string of the molecule is CC(C)C[C@H](CO)N1C(=O)[C@@H]2[C@H]3C(=O)N(C)CC=C[C@@]3(C)S[C@@]23C=CCN(c2ccccc2Cl)C(=O)C13. The Bertz CT molecular complexity index is 1190. The molecule has 198 valence electrons. The van der Waals surface area contributed by atoms with Crippen molar-refractivity contribution in [3.8, 4) is 0 Å². The number of carbonyl (C=O) groups is 3. The number of aliphatic hydroxyl groups is 1. The molecule has 4 heterocycles. The number of nitrogens with zero attached hydrogens (tertiary/aromatic N) is 3. The van der Waals surface area contributed by atoms with Crippen molar-refractivity contribution in [3.63, 3.8) is 0 Å². The Balaban J connectivity index is 1.70. The molecule has 0 radical (unpaired) electrons. The van der Waals surface area contributed by atoms with Gasteiger partial charge in [-0.15, -0.1) is 11.8 Å². The first-order valence-electron chi connectivity index (χ1n) is 12.8. The van der Waals surface area contributed by atoms with Gasteiger partial charge >= 0.3 is 0 Å². The number of hydrogen-bond acceptors (Lipinski definition) is 5. The zero-order chi connectivity index (χ0) is 26.7. The van der Waals surface area contributed by atoms with Gasteiger partial charge in [0.15, 0.2) is 0 Å². The summed E-state index contributed by atoms with van der Waals surface area (Å²) < 4.78 is -1.60. The minimum atomic E-state index is -0.952. The number of aliphatic hydroxyl groups excluding tert-OH is 1. The summed E-state index contributed by atoms with van der Waals surface area (Å²) >= 11 is 8.07. The molecule has 0 saturated carbocycles. The maximum atomic E-state index is 14.5. The molecule has 7 nitrogen and oxygen atoms in total. The van der Waals surface area contributed by atoms with Crippen molar-refractivity contribution in [2.24, 2.45) is 17.8 Å². The third kappa shape index (κ3) is 3.94. The van der Waals surface area contributed by atoms with Crippen LogP contribution in [-0.4, -0.2) is 80.9 Å². The molecule has 4 aliphatic rings. The second kappa shape index (κ2) is 9.47. The van der Waals surface area contributed by atoms with Gasteiger partial charge in [-0.05, 0) is 31.4 Å². The maximum absolute atomic E-state index is 14.5. The minimum Gasteiger partial charge on any atom is -0.394 e. The Kier molecular flexibility index (Phi) is 6.74. The number of hydrogen-bond donors (Lipinski definition) is 1. The average molecular weight is 544 g/mol. The van der Waals surface area contributed by atoms with E-state index in [4.69, 9.17) is 11.6 Å². The highest BCUT2D eigenvalue weighted by Gasteiger charge is 2.74. The number of carbonyl (C=O) groups excluding carboxylic acids is 3. The van der Waals surface area contributed by atoms with Gasteiger partial charge in [0.05, 0.1) is 39.9 Å². The summed E-state index contributed by atoms with van der Waals surface area (Å²) in [5.74, 6) is -1.71. The van der Waals surface area contributed by atoms with E-state index in [-0.39, 0.29) is 30.2 Å². The van der Waals surface area contributed by atoms with Crippen LogP contribution in [0.5, 0.6) is 0 Å². The number of likely N-dealkylation sites (N-methyl/N-ethyl adjacent to an activating group) is 1. The van der Waals surface area contributed by atoms with Gasteiger partial charge in [0.2, 0.25) is 11.8 Å². The lowest BCUT2D eigenvalue weighted by molar-refractivity contribution is -0.145. The van der Waals surface area contributed by atoms with Crippen molar-refractivity contribution in [1.29, 1.82) is 0 Å². The molecule has 2 fully saturated rings. The van der Waals surface area contributed by atoms with Crippen molar-refractivity contribution in [2.45, 2.75) is 48.8 Å². The number of para-hydroxylation sites is 1. The van der Waals surface area contributed by atoms with Gasteiger partial charge in [-0.25, -0.2) is 0 Å². The molecule has 2 saturated heterocycles. The molecule has 5 rings (SSSR count). The third-order valence-corrected chi connectivity index (χ3v) is 10.3. The fourth-order valence-electron chi connectivity index (χ4n) is 6.68. The van der Waals surface area contributed by atoms with Crippen LogP contribution in [0.3, 0.4) is 0 Å². The van der Waals surface area contributed by atoms with E-state index in [9.17, 15) is 19.5 Å². The third-order valence-electron chi connectivity index (χ3n) is 8.19. The maximum Gasteiger partial charge on any atom is 0.251 e. The highest BCUT2D eigenvalue weighted by molar-refractivity contribution is 8.02. The molecule has 0 bridgehead atoms. The lowest BCUT2D eigenvalue weighted by atomic mass is 9.74. The quantitative estimate of drug-likeness (QED) is 0.576. The predicted octanol–water partition coefficient (Wildman–Crippen LogP) is 3.37. The van der Waals surface area contributed by atoms with Gasteiger partial charge in [-0.1, -0.05) is 61.9 Å². The van der Waals surface area contributed by atoms with Crippen LogP contribution in [-0.2, 0) is 14.4 Å². The predicted molar refractivity (Wildman–Crippen MR) is 146 cm³/mol. The van der Waals surface area contributed by atoms with Crippen LogP contribution >= 0.6 is 23.4 Å². The first-order valence-corrected chi connectivity index (χ1v) is 14.0. The molecule has 3 amide bonds. The molecule has 1 aromatic rings. The van der Waals surface area contributed by atoms with E-state index in [1.165, 1.54) is 0 Å². The van der Waals surface area contributed by atoms with Crippen LogP contribution in [0, 0.1) is 17.8 Å². The first kappa shape index (κ1) is 26.3. The molecule has 1 N–H and O–H groups in total. The number of likely N-dealkylation sites (tertiary alicyclic amines) is 1. The van der Waals surface area contributed by atoms with Crippen molar-refractivity contribution in [2.75, 3.05) is 31.6 Å². The molecular weight excluding hydrogens is 510 g/mol. The smallest absolute Gasteiger partial charge is 0.251 e. The molecule has 0 aliphatic carbocycles. The van der Waals surface area contributed by atoms with Crippen molar-refractivity contribution >= 4 is 46.8 Å². The van der Waals surface area contributed by atoms with Crippen LogP contribution < -0.4 is 4.90 Å². The monoisotopic (exact) mass is 543 g/mol. The van der Waals surface area contributed by atoms with Gasteiger partial charge < -0.3 is 19.8 Å². The Morgan fingerprint density at radius 2 is 1.76 bits per heavy atom. The molecule has 6 atom stereocenters. The van der Waals surface area contributed by atoms with E-state index in [1.54, 1.807) is 45.6 Å². The summed E-state index contributed by atoms with van der Waals surface area (Å²) in [6.07, 6.45) is 8.49. The molecule has 4 aliphatic heterocycles. The van der Waals surface area contributed by atoms with E-state index in [1.807, 2.05) is 57.2 Å². The topological polar surface area (TPSA) is 81.2 Å². The van der Waals surface area contributed by atoms with E-state index >= 15 is 0 Å². The molecule has 1 unspecified atom stereocenters. The number of halogens is 1. The first-order chi connectivity index (χ1) is 17.6. The average Bonchev–Trinajstić information content (AvgIpc) is 3.13. The lowest BCUT2D eigenvalue weighted by Gasteiger charge is -2.40. The number of thioether (sulfide) groups is 1. The fraction of sp³-hybridized carbons (Fsp3) is 0.536. The molecular formula is C28H34ClN3O4S. The zero-order valence-electron chi connectivity index (χ0n) is 21.6. The van der Waals surface area contributed by atoms with Crippen LogP contribution in [0.4, 0.5) is 5.69 Å². The van der Waals surface area contributed by atoms with Crippen LogP contribution in [0.25, 0.3) is 0 Å². The summed E-state index contributed by atoms with van der Waals surface area (Å²) in [7, 11) is 1.76. The molecule has 37 heavy (non-hydrogen) atoms. The second-order valence-corrected chi connectivity index (χ2v) is 13.3. The van der Waals surface area contributed by atoms with Crippen molar-refractivity contribution < 1.29 is 19.5 Å². The Morgan fingerprint density at radius 1 is 1.05 bits per heavy atom. The Hall–Kier alpha value is -2.29. The lowest BCUT2D eigenvalue weighted by Crippen LogP contribution is -2.57. The summed E-state index contributed by atoms with van der Waals surface area (Å²) in [5.41, 5.74) is 0.579. The number of anilines is 1. The Labute approximate surface area is 227 Å². The highest BCUT2D eigenvalue weighted by atomic mass is 35.5. The van der Waals surface area contributed by atoms with Gasteiger partial charge in [0.25, 0.3) is 5.91 Å². The molecule has 9 heteroatoms. The molecule has 0 aromatic heterocycles. The van der Waals surface area contributed by atoms with Crippen LogP contribution in [0.1, 0.15) is 27.2 Å². The van der Waals surface area contributed by atoms with Gasteiger partial charge in [-0.2, -0.15) is 0 Å². The number of rotatable bonds is 5. The zero-order valence-corrected chi connectivity index (χ0v) is 23.2. The van der Waals surface area contributed by atoms with E-state index in [0.29, 0.717) is 30.2 Å². The van der Waals surface area contributed by atoms with Gasteiger partial charge in [-0.3, -0.25) is 14.4 Å². The van der Waals surface area contributed by atoms with E-state index in [0.717, 1.165) is 0 Å². The van der Waals surface area contributed by atoms with E-state index in [2.05, 4.69) is 0 Å². The van der Waals surface area contributed by atoms with E-state index < -0.39 is 33.4 Å². The minimum absolute atomic E-state index is 0.0895. The standard InChI is InChI=1S/C28H34ClN3O4S/c1-17(2)15-18(16-33)32-23-26(36)31(20-10-6-5-9-19(20)29)14-8-12-28(23)22(25(32)35)21-24(34)30(4)13-7-11-27(21,3)37-28/h5-12,17-18,21-23,33H,13-16H2,1-4H3/t18-,21+,22+,23?,27-,28+/m1/s1. The largest absolute Gasteiger partial charge is 0.394 e. The Morgan fingerprint density at radius 3 is 2.43 bits per heavy atom. The number of fused-ring (bicyclic) bond motifs is 2. The summed E-state index contributed by atoms with van der Waals surface area (Å²) in [4.78, 5) is 47.6. The second-order valence-electron chi connectivity index (χ2n) is 11.1. The summed E-state index contributed by atoms with van der Waals surface area (Å²) in [6.45, 7) is 6.59. The normalized spacial score (nSPS) is 34.0. The molecule has 1 aromatic carbocycles. The van der Waals surface area contributed by atoms with Crippen LogP contribution in [0.2, 0.25) is 5.02 Å². The summed E-state index contributed by atoms with van der Waals surface area (Å²) in [6, 6.07) is 5.77. The van der Waals surface area contributed by atoms with Gasteiger partial charge in [0.1, 0.15) is 6.04 Å².